The number of carbonyl (C=O) groups excluding carboxylic acids is 2. The first-order valence-electron chi connectivity index (χ1n) is 4.95. The molecule has 0 saturated carbocycles. The largest absolute Gasteiger partial charge is 0.362 e. The predicted octanol–water partition coefficient (Wildman–Crippen LogP) is 2.44. The van der Waals surface area contributed by atoms with Gasteiger partial charge in [-0.3, -0.25) is 9.59 Å². The molecule has 0 aliphatic rings. The zero-order chi connectivity index (χ0) is 11.4. The summed E-state index contributed by atoms with van der Waals surface area (Å²) in [6, 6.07) is 0. The molecule has 0 saturated heterocycles. The van der Waals surface area contributed by atoms with E-state index in [2.05, 4.69) is 4.98 Å². The number of rotatable bonds is 4. The lowest BCUT2D eigenvalue weighted by atomic mass is 10.1. The van der Waals surface area contributed by atoms with Gasteiger partial charge in [-0.1, -0.05) is 6.92 Å². The second kappa shape index (κ2) is 4.73. The maximum absolute atomic E-state index is 11.1. The van der Waals surface area contributed by atoms with Crippen molar-refractivity contribution in [2.24, 2.45) is 0 Å². The van der Waals surface area contributed by atoms with Crippen LogP contribution in [0.2, 0.25) is 0 Å². The maximum Gasteiger partial charge on any atom is 0.155 e. The number of carbonyl (C=O) groups is 2. The molecule has 3 nitrogen and oxygen atoms in total. The van der Waals surface area contributed by atoms with E-state index in [1.165, 1.54) is 6.08 Å². The summed E-state index contributed by atoms with van der Waals surface area (Å²) >= 11 is 0. The third-order valence-electron chi connectivity index (χ3n) is 2.38. The van der Waals surface area contributed by atoms with E-state index in [0.29, 0.717) is 12.0 Å². The van der Waals surface area contributed by atoms with Crippen LogP contribution in [-0.4, -0.2) is 17.1 Å². The van der Waals surface area contributed by atoms with Gasteiger partial charge in [0.25, 0.3) is 0 Å². The number of aromatic amines is 1. The highest BCUT2D eigenvalue weighted by Gasteiger charge is 2.08. The molecule has 0 bridgehead atoms. The van der Waals surface area contributed by atoms with E-state index >= 15 is 0 Å². The van der Waals surface area contributed by atoms with E-state index in [1.54, 1.807) is 6.08 Å². The van der Waals surface area contributed by atoms with Crippen LogP contribution in [0.15, 0.2) is 6.08 Å². The highest BCUT2D eigenvalue weighted by atomic mass is 16.1. The van der Waals surface area contributed by atoms with Crippen molar-refractivity contribution in [2.75, 3.05) is 0 Å². The number of aldehydes is 1. The van der Waals surface area contributed by atoms with E-state index in [4.69, 9.17) is 0 Å². The summed E-state index contributed by atoms with van der Waals surface area (Å²) in [5.74, 6) is 0.0603. The van der Waals surface area contributed by atoms with Gasteiger partial charge in [0.15, 0.2) is 12.1 Å². The number of aryl methyl sites for hydroxylation is 2. The molecule has 0 fully saturated rings. The summed E-state index contributed by atoms with van der Waals surface area (Å²) in [6.45, 7) is 5.54. The first-order valence-corrected chi connectivity index (χ1v) is 4.95. The fourth-order valence-electron chi connectivity index (χ4n) is 1.48. The van der Waals surface area contributed by atoms with Crippen LogP contribution in [0.25, 0.3) is 6.08 Å². The Labute approximate surface area is 89.2 Å². The average Bonchev–Trinajstić information content (AvgIpc) is 2.49. The van der Waals surface area contributed by atoms with Crippen LogP contribution in [0.3, 0.4) is 0 Å². The van der Waals surface area contributed by atoms with Crippen LogP contribution < -0.4 is 0 Å². The van der Waals surface area contributed by atoms with Crippen molar-refractivity contribution in [3.05, 3.63) is 28.6 Å². The zero-order valence-corrected chi connectivity index (χ0v) is 9.26. The monoisotopic (exact) mass is 205 g/mol. The molecule has 1 rings (SSSR count). The van der Waals surface area contributed by atoms with Gasteiger partial charge in [-0.05, 0) is 26.0 Å². The minimum absolute atomic E-state index is 0.0603. The molecule has 0 aromatic carbocycles. The van der Waals surface area contributed by atoms with E-state index in [0.717, 1.165) is 23.2 Å². The van der Waals surface area contributed by atoms with E-state index in [9.17, 15) is 9.59 Å². The van der Waals surface area contributed by atoms with Crippen molar-refractivity contribution in [3.63, 3.8) is 0 Å². The van der Waals surface area contributed by atoms with Crippen molar-refractivity contribution in [2.45, 2.75) is 27.2 Å². The predicted molar refractivity (Wildman–Crippen MR) is 60.0 cm³/mol. The topological polar surface area (TPSA) is 49.9 Å². The molecule has 0 aliphatic heterocycles. The molecule has 0 spiro atoms. The summed E-state index contributed by atoms with van der Waals surface area (Å²) in [6.07, 6.45) is 4.52. The minimum Gasteiger partial charge on any atom is -0.362 e. The molecular weight excluding hydrogens is 190 g/mol. The van der Waals surface area contributed by atoms with Crippen molar-refractivity contribution in [1.29, 1.82) is 0 Å². The number of ketones is 1. The molecular formula is C12H15NO2. The Morgan fingerprint density at radius 1 is 1.27 bits per heavy atom. The van der Waals surface area contributed by atoms with Crippen LogP contribution >= 0.6 is 0 Å². The quantitative estimate of drug-likeness (QED) is 0.606. The number of hydrogen-bond donors (Lipinski definition) is 1. The molecule has 15 heavy (non-hydrogen) atoms. The Kier molecular flexibility index (Phi) is 3.61. The molecule has 0 atom stereocenters. The van der Waals surface area contributed by atoms with E-state index < -0.39 is 0 Å². The number of aromatic nitrogens is 1. The van der Waals surface area contributed by atoms with Gasteiger partial charge in [0.2, 0.25) is 0 Å². The van der Waals surface area contributed by atoms with Gasteiger partial charge < -0.3 is 4.98 Å². The molecule has 0 radical (unpaired) electrons. The smallest absolute Gasteiger partial charge is 0.155 e. The Morgan fingerprint density at radius 3 is 2.40 bits per heavy atom. The maximum atomic E-state index is 11.1. The third-order valence-corrected chi connectivity index (χ3v) is 2.38. The summed E-state index contributed by atoms with van der Waals surface area (Å²) in [7, 11) is 0. The van der Waals surface area contributed by atoms with E-state index in [1.807, 2.05) is 20.8 Å². The van der Waals surface area contributed by atoms with Crippen LogP contribution in [-0.2, 0) is 4.79 Å². The first-order chi connectivity index (χ1) is 7.10. The highest BCUT2D eigenvalue weighted by molar-refractivity contribution is 5.95. The molecule has 0 amide bonds. The molecule has 0 unspecified atom stereocenters. The second-order valence-electron chi connectivity index (χ2n) is 3.47. The van der Waals surface area contributed by atoms with Gasteiger partial charge in [0.05, 0.1) is 0 Å². The van der Waals surface area contributed by atoms with Crippen LogP contribution in [0, 0.1) is 13.8 Å². The van der Waals surface area contributed by atoms with Gasteiger partial charge >= 0.3 is 0 Å². The number of nitrogens with one attached hydrogen (secondary N) is 1. The molecule has 1 heterocycles. The van der Waals surface area contributed by atoms with Gasteiger partial charge in [0.1, 0.15) is 0 Å². The Balaban J connectivity index is 3.08. The summed E-state index contributed by atoms with van der Waals surface area (Å²) < 4.78 is 0. The fraction of sp³-hybridized carbons (Fsp3) is 0.333. The highest BCUT2D eigenvalue weighted by Crippen LogP contribution is 2.17. The van der Waals surface area contributed by atoms with E-state index in [-0.39, 0.29) is 5.78 Å². The zero-order valence-electron chi connectivity index (χ0n) is 9.26. The molecule has 1 aromatic rings. The SMILES string of the molecule is CCC(=O)C=Cc1c(C)[nH]c(C)c1C=O. The Hall–Kier alpha value is -1.64. The molecule has 0 aliphatic carbocycles. The fourth-order valence-corrected chi connectivity index (χ4v) is 1.48. The van der Waals surface area contributed by atoms with Crippen LogP contribution in [0.1, 0.15) is 40.7 Å². The van der Waals surface area contributed by atoms with Crippen molar-refractivity contribution >= 4 is 18.1 Å². The van der Waals surface area contributed by atoms with Crippen molar-refractivity contribution < 1.29 is 9.59 Å². The van der Waals surface area contributed by atoms with Crippen LogP contribution in [0.5, 0.6) is 0 Å². The minimum atomic E-state index is 0.0603. The summed E-state index contributed by atoms with van der Waals surface area (Å²) in [5.41, 5.74) is 3.19. The number of hydrogen-bond acceptors (Lipinski definition) is 2. The Morgan fingerprint density at radius 2 is 1.87 bits per heavy atom. The van der Waals surface area contributed by atoms with Gasteiger partial charge in [-0.25, -0.2) is 0 Å². The molecule has 3 heteroatoms. The summed E-state index contributed by atoms with van der Waals surface area (Å²) in [4.78, 5) is 25.0. The van der Waals surface area contributed by atoms with Crippen LogP contribution in [0.4, 0.5) is 0 Å². The summed E-state index contributed by atoms with van der Waals surface area (Å²) in [5, 5.41) is 0. The Bertz CT molecular complexity index is 414. The first kappa shape index (κ1) is 11.4. The molecule has 1 aromatic heterocycles. The average molecular weight is 205 g/mol. The third kappa shape index (κ3) is 2.43. The normalized spacial score (nSPS) is 10.9. The lowest BCUT2D eigenvalue weighted by molar-refractivity contribution is -0.114. The lowest BCUT2D eigenvalue weighted by Gasteiger charge is -1.92. The van der Waals surface area contributed by atoms with Gasteiger partial charge in [0, 0.05) is 28.9 Å². The molecule has 80 valence electrons. The number of H-pyrrole nitrogens is 1. The van der Waals surface area contributed by atoms with Crippen molar-refractivity contribution in [3.8, 4) is 0 Å². The standard InChI is InChI=1S/C12H15NO2/c1-4-10(15)5-6-11-8(2)13-9(3)12(11)7-14/h5-7,13H,4H2,1-3H3. The van der Waals surface area contributed by atoms with Gasteiger partial charge in [-0.15, -0.1) is 0 Å². The second-order valence-corrected chi connectivity index (χ2v) is 3.47. The molecule has 1 N–H and O–H groups in total. The number of allylic oxidation sites excluding steroid dienone is 1. The lowest BCUT2D eigenvalue weighted by Crippen LogP contribution is -1.89. The van der Waals surface area contributed by atoms with Crippen molar-refractivity contribution in [1.82, 2.24) is 4.98 Å². The van der Waals surface area contributed by atoms with Gasteiger partial charge in [-0.2, -0.15) is 0 Å².